The Labute approximate surface area is 161 Å². The molecule has 1 heterocycles. The summed E-state index contributed by atoms with van der Waals surface area (Å²) in [7, 11) is 1.69. The first-order chi connectivity index (χ1) is 13.0. The Kier molecular flexibility index (Phi) is 5.89. The van der Waals surface area contributed by atoms with E-state index in [-0.39, 0.29) is 5.91 Å². The summed E-state index contributed by atoms with van der Waals surface area (Å²) in [5, 5.41) is 0. The Morgan fingerprint density at radius 2 is 1.70 bits per heavy atom. The largest absolute Gasteiger partial charge is 0.495 e. The molecule has 1 fully saturated rings. The summed E-state index contributed by atoms with van der Waals surface area (Å²) in [5.41, 5.74) is 3.24. The van der Waals surface area contributed by atoms with Crippen LogP contribution in [-0.4, -0.2) is 50.2 Å². The minimum absolute atomic E-state index is 0.0376. The minimum Gasteiger partial charge on any atom is -0.495 e. The third kappa shape index (κ3) is 4.35. The Bertz CT molecular complexity index is 798. The van der Waals surface area contributed by atoms with Crippen molar-refractivity contribution in [2.24, 2.45) is 0 Å². The van der Waals surface area contributed by atoms with Crippen LogP contribution in [0.4, 0.5) is 5.69 Å². The topological polar surface area (TPSA) is 42.0 Å². The second-order valence-electron chi connectivity index (χ2n) is 7.01. The van der Waals surface area contributed by atoms with Crippen molar-refractivity contribution < 1.29 is 14.3 Å². The van der Waals surface area contributed by atoms with Gasteiger partial charge in [0.05, 0.1) is 12.8 Å². The molecule has 0 aliphatic carbocycles. The molecule has 1 amide bonds. The quantitative estimate of drug-likeness (QED) is 0.811. The van der Waals surface area contributed by atoms with E-state index in [2.05, 4.69) is 11.0 Å². The summed E-state index contributed by atoms with van der Waals surface area (Å²) in [6, 6.07) is 14.1. The van der Waals surface area contributed by atoms with Crippen molar-refractivity contribution >= 4 is 11.6 Å². The average molecular weight is 368 g/mol. The summed E-state index contributed by atoms with van der Waals surface area (Å²) in [5.74, 6) is 1.68. The fourth-order valence-corrected chi connectivity index (χ4v) is 3.39. The van der Waals surface area contributed by atoms with Gasteiger partial charge < -0.3 is 19.3 Å². The third-order valence-electron chi connectivity index (χ3n) is 5.01. The Hall–Kier alpha value is -2.69. The molecule has 0 bridgehead atoms. The molecule has 0 unspecified atom stereocenters. The van der Waals surface area contributed by atoms with Crippen LogP contribution in [0.1, 0.15) is 18.1 Å². The van der Waals surface area contributed by atoms with Crippen molar-refractivity contribution in [2.45, 2.75) is 26.9 Å². The van der Waals surface area contributed by atoms with Crippen LogP contribution in [0.25, 0.3) is 0 Å². The maximum atomic E-state index is 12.8. The zero-order valence-electron chi connectivity index (χ0n) is 16.6. The summed E-state index contributed by atoms with van der Waals surface area (Å²) < 4.78 is 11.4. The van der Waals surface area contributed by atoms with Crippen LogP contribution in [0, 0.1) is 13.8 Å². The van der Waals surface area contributed by atoms with Gasteiger partial charge in [-0.2, -0.15) is 0 Å². The van der Waals surface area contributed by atoms with E-state index in [9.17, 15) is 4.79 Å². The van der Waals surface area contributed by atoms with E-state index in [1.807, 2.05) is 62.1 Å². The van der Waals surface area contributed by atoms with E-state index in [1.54, 1.807) is 7.11 Å². The van der Waals surface area contributed by atoms with E-state index in [4.69, 9.17) is 9.47 Å². The van der Waals surface area contributed by atoms with Crippen LogP contribution >= 0.6 is 0 Å². The summed E-state index contributed by atoms with van der Waals surface area (Å²) in [6.07, 6.45) is -0.497. The fourth-order valence-electron chi connectivity index (χ4n) is 3.39. The number of carbonyl (C=O) groups excluding carboxylic acids is 1. The minimum atomic E-state index is -0.497. The van der Waals surface area contributed by atoms with Gasteiger partial charge in [-0.1, -0.05) is 24.3 Å². The van der Waals surface area contributed by atoms with Gasteiger partial charge in [0.1, 0.15) is 11.5 Å². The maximum Gasteiger partial charge on any atom is 0.263 e. The summed E-state index contributed by atoms with van der Waals surface area (Å²) in [4.78, 5) is 17.0. The summed E-state index contributed by atoms with van der Waals surface area (Å²) >= 11 is 0. The predicted molar refractivity (Wildman–Crippen MR) is 108 cm³/mol. The van der Waals surface area contributed by atoms with Crippen molar-refractivity contribution in [2.75, 3.05) is 38.2 Å². The molecule has 5 heteroatoms. The number of aryl methyl sites for hydroxylation is 2. The van der Waals surface area contributed by atoms with Gasteiger partial charge in [-0.15, -0.1) is 0 Å². The number of ether oxygens (including phenoxy) is 2. The molecule has 1 atom stereocenters. The number of rotatable bonds is 5. The number of hydrogen-bond donors (Lipinski definition) is 0. The number of nitrogens with zero attached hydrogens (tertiary/aromatic N) is 2. The van der Waals surface area contributed by atoms with Crippen LogP contribution < -0.4 is 14.4 Å². The standard InChI is InChI=1S/C22H28N2O3/c1-16-9-10-17(2)21(15-16)27-18(3)22(25)24-13-11-23(12-14-24)19-7-5-6-8-20(19)26-4/h5-10,15,18H,11-14H2,1-4H3/t18-/m0/s1. The van der Waals surface area contributed by atoms with Gasteiger partial charge in [0.15, 0.2) is 6.10 Å². The van der Waals surface area contributed by atoms with Gasteiger partial charge in [0.2, 0.25) is 0 Å². The molecule has 144 valence electrons. The molecule has 2 aromatic rings. The zero-order valence-corrected chi connectivity index (χ0v) is 16.6. The van der Waals surface area contributed by atoms with Crippen LogP contribution in [0.15, 0.2) is 42.5 Å². The average Bonchev–Trinajstić information content (AvgIpc) is 2.70. The lowest BCUT2D eigenvalue weighted by Crippen LogP contribution is -2.52. The van der Waals surface area contributed by atoms with Crippen LogP contribution in [-0.2, 0) is 4.79 Å². The lowest BCUT2D eigenvalue weighted by Gasteiger charge is -2.37. The molecular weight excluding hydrogens is 340 g/mol. The SMILES string of the molecule is COc1ccccc1N1CCN(C(=O)[C@H](C)Oc2cc(C)ccc2C)CC1. The van der Waals surface area contributed by atoms with Gasteiger partial charge in [-0.3, -0.25) is 4.79 Å². The number of para-hydroxylation sites is 2. The molecule has 5 nitrogen and oxygen atoms in total. The molecule has 0 aromatic heterocycles. The highest BCUT2D eigenvalue weighted by atomic mass is 16.5. The van der Waals surface area contributed by atoms with Gasteiger partial charge >= 0.3 is 0 Å². The van der Waals surface area contributed by atoms with Crippen molar-refractivity contribution in [3.8, 4) is 11.5 Å². The molecule has 0 saturated carbocycles. The highest BCUT2D eigenvalue weighted by Gasteiger charge is 2.27. The van der Waals surface area contributed by atoms with E-state index in [0.29, 0.717) is 13.1 Å². The molecule has 27 heavy (non-hydrogen) atoms. The first-order valence-corrected chi connectivity index (χ1v) is 9.40. The molecule has 1 saturated heterocycles. The van der Waals surface area contributed by atoms with Crippen molar-refractivity contribution in [3.05, 3.63) is 53.6 Å². The second-order valence-corrected chi connectivity index (χ2v) is 7.01. The monoisotopic (exact) mass is 368 g/mol. The lowest BCUT2D eigenvalue weighted by atomic mass is 10.1. The number of carbonyl (C=O) groups is 1. The maximum absolute atomic E-state index is 12.8. The van der Waals surface area contributed by atoms with Crippen LogP contribution in [0.5, 0.6) is 11.5 Å². The molecular formula is C22H28N2O3. The molecule has 3 rings (SSSR count). The van der Waals surface area contributed by atoms with E-state index in [1.165, 1.54) is 0 Å². The Morgan fingerprint density at radius 1 is 1.00 bits per heavy atom. The Balaban J connectivity index is 1.60. The van der Waals surface area contributed by atoms with Gasteiger partial charge in [-0.25, -0.2) is 0 Å². The lowest BCUT2D eigenvalue weighted by molar-refractivity contribution is -0.138. The number of benzene rings is 2. The molecule has 0 radical (unpaired) electrons. The number of piperazine rings is 1. The third-order valence-corrected chi connectivity index (χ3v) is 5.01. The molecule has 2 aromatic carbocycles. The fraction of sp³-hybridized carbons (Fsp3) is 0.409. The Morgan fingerprint density at radius 3 is 2.41 bits per heavy atom. The van der Waals surface area contributed by atoms with Gasteiger partial charge in [-0.05, 0) is 50.1 Å². The van der Waals surface area contributed by atoms with E-state index >= 15 is 0 Å². The smallest absolute Gasteiger partial charge is 0.263 e. The van der Waals surface area contributed by atoms with Gasteiger partial charge in [0, 0.05) is 26.2 Å². The summed E-state index contributed by atoms with van der Waals surface area (Å²) in [6.45, 7) is 8.77. The number of methoxy groups -OCH3 is 1. The predicted octanol–water partition coefficient (Wildman–Crippen LogP) is 3.43. The van der Waals surface area contributed by atoms with E-state index < -0.39 is 6.10 Å². The van der Waals surface area contributed by atoms with Crippen molar-refractivity contribution in [3.63, 3.8) is 0 Å². The van der Waals surface area contributed by atoms with Crippen molar-refractivity contribution in [1.82, 2.24) is 4.90 Å². The number of anilines is 1. The van der Waals surface area contributed by atoms with E-state index in [0.717, 1.165) is 41.4 Å². The number of amides is 1. The normalized spacial score (nSPS) is 15.4. The first kappa shape index (κ1) is 19.1. The molecule has 0 N–H and O–H groups in total. The molecule has 1 aliphatic heterocycles. The van der Waals surface area contributed by atoms with Gasteiger partial charge in [0.25, 0.3) is 5.91 Å². The molecule has 1 aliphatic rings. The molecule has 0 spiro atoms. The highest BCUT2D eigenvalue weighted by Crippen LogP contribution is 2.28. The highest BCUT2D eigenvalue weighted by molar-refractivity contribution is 5.81. The zero-order chi connectivity index (χ0) is 19.4. The van der Waals surface area contributed by atoms with Crippen LogP contribution in [0.2, 0.25) is 0 Å². The second kappa shape index (κ2) is 8.33. The van der Waals surface area contributed by atoms with Crippen LogP contribution in [0.3, 0.4) is 0 Å². The first-order valence-electron chi connectivity index (χ1n) is 9.40. The number of hydrogen-bond acceptors (Lipinski definition) is 4. The van der Waals surface area contributed by atoms with Crippen molar-refractivity contribution in [1.29, 1.82) is 0 Å².